The van der Waals surface area contributed by atoms with E-state index in [4.69, 9.17) is 21.9 Å². The van der Waals surface area contributed by atoms with Gasteiger partial charge in [-0.3, -0.25) is 0 Å². The van der Waals surface area contributed by atoms with Crippen LogP contribution in [0, 0.1) is 6.92 Å². The number of nitrogens with zero attached hydrogens (tertiary/aromatic N) is 1. The Morgan fingerprint density at radius 2 is 2.19 bits per heavy atom. The second kappa shape index (κ2) is 4.18. The number of nitrogens with two attached hydrogens (primary N) is 1. The largest absolute Gasteiger partial charge is 0.381 e. The zero-order chi connectivity index (χ0) is 11.7. The molecule has 2 N–H and O–H groups in total. The van der Waals surface area contributed by atoms with Gasteiger partial charge in [0.25, 0.3) is 0 Å². The van der Waals surface area contributed by atoms with Gasteiger partial charge in [-0.1, -0.05) is 29.7 Å². The van der Waals surface area contributed by atoms with Crippen molar-refractivity contribution >= 4 is 17.4 Å². The van der Waals surface area contributed by atoms with Crippen LogP contribution in [0.3, 0.4) is 0 Å². The van der Waals surface area contributed by atoms with Crippen LogP contribution in [0.2, 0.25) is 5.02 Å². The molecule has 2 rings (SSSR count). The second-order valence-corrected chi connectivity index (χ2v) is 4.12. The summed E-state index contributed by atoms with van der Waals surface area (Å²) in [7, 11) is 0. The first-order valence-electron chi connectivity index (χ1n) is 5.14. The van der Waals surface area contributed by atoms with Gasteiger partial charge in [-0.05, 0) is 31.0 Å². The number of halogens is 1. The second-order valence-electron chi connectivity index (χ2n) is 3.69. The van der Waals surface area contributed by atoms with E-state index in [9.17, 15) is 0 Å². The molecule has 84 valence electrons. The highest BCUT2D eigenvalue weighted by Gasteiger charge is 2.15. The molecule has 0 amide bonds. The van der Waals surface area contributed by atoms with Crippen molar-refractivity contribution in [3.8, 4) is 11.3 Å². The fourth-order valence-corrected chi connectivity index (χ4v) is 1.89. The molecule has 2 aromatic rings. The van der Waals surface area contributed by atoms with Gasteiger partial charge in [0.1, 0.15) is 0 Å². The average molecular weight is 237 g/mol. The van der Waals surface area contributed by atoms with Gasteiger partial charge in [-0.2, -0.15) is 0 Å². The van der Waals surface area contributed by atoms with Crippen molar-refractivity contribution in [2.45, 2.75) is 20.3 Å². The summed E-state index contributed by atoms with van der Waals surface area (Å²) in [5.74, 6) is 1.18. The molecular formula is C12H13ClN2O. The highest BCUT2D eigenvalue weighted by atomic mass is 35.5. The number of rotatable bonds is 2. The molecule has 0 saturated carbocycles. The Morgan fingerprint density at radius 1 is 1.44 bits per heavy atom. The van der Waals surface area contributed by atoms with Gasteiger partial charge in [-0.25, -0.2) is 0 Å². The molecule has 0 bridgehead atoms. The molecule has 0 aliphatic heterocycles. The summed E-state index contributed by atoms with van der Waals surface area (Å²) in [5.41, 5.74) is 8.72. The van der Waals surface area contributed by atoms with Gasteiger partial charge in [0.2, 0.25) is 0 Å². The maximum atomic E-state index is 5.98. The molecule has 0 aliphatic carbocycles. The minimum atomic E-state index is 0.455. The predicted molar refractivity (Wildman–Crippen MR) is 65.5 cm³/mol. The van der Waals surface area contributed by atoms with E-state index in [0.29, 0.717) is 10.8 Å². The van der Waals surface area contributed by atoms with Gasteiger partial charge in [-0.15, -0.1) is 0 Å². The van der Waals surface area contributed by atoms with Crippen LogP contribution >= 0.6 is 11.6 Å². The third-order valence-electron chi connectivity index (χ3n) is 2.62. The normalized spacial score (nSPS) is 10.7. The fraction of sp³-hybridized carbons (Fsp3) is 0.250. The van der Waals surface area contributed by atoms with Gasteiger partial charge < -0.3 is 10.3 Å². The standard InChI is InChI=1S/C12H13ClN2O/c1-3-9-11(16-15-12(9)14)10-6-8(13)5-4-7(10)2/h4-6H,3H2,1-2H3,(H2,14,15). The van der Waals surface area contributed by atoms with Crippen LogP contribution < -0.4 is 5.73 Å². The van der Waals surface area contributed by atoms with Gasteiger partial charge in [0.15, 0.2) is 11.6 Å². The topological polar surface area (TPSA) is 52.0 Å². The molecule has 0 saturated heterocycles. The first kappa shape index (κ1) is 11.0. The summed E-state index contributed by atoms with van der Waals surface area (Å²) in [6.45, 7) is 4.02. The van der Waals surface area contributed by atoms with Gasteiger partial charge in [0, 0.05) is 16.1 Å². The lowest BCUT2D eigenvalue weighted by atomic mass is 10.0. The van der Waals surface area contributed by atoms with Crippen LogP contribution in [0.15, 0.2) is 22.7 Å². The van der Waals surface area contributed by atoms with Gasteiger partial charge in [0.05, 0.1) is 0 Å². The number of hydrogen-bond acceptors (Lipinski definition) is 3. The summed E-state index contributed by atoms with van der Waals surface area (Å²) in [6.07, 6.45) is 0.788. The van der Waals surface area contributed by atoms with Crippen LogP contribution in [-0.2, 0) is 6.42 Å². The molecule has 0 spiro atoms. The molecule has 0 radical (unpaired) electrons. The molecule has 3 nitrogen and oxygen atoms in total. The van der Waals surface area contributed by atoms with Crippen molar-refractivity contribution in [1.82, 2.24) is 5.16 Å². The monoisotopic (exact) mass is 236 g/mol. The lowest BCUT2D eigenvalue weighted by Gasteiger charge is -2.04. The summed E-state index contributed by atoms with van der Waals surface area (Å²) >= 11 is 5.98. The third-order valence-corrected chi connectivity index (χ3v) is 2.85. The summed E-state index contributed by atoms with van der Waals surface area (Å²) in [5, 5.41) is 4.47. The van der Waals surface area contributed by atoms with Crippen LogP contribution in [0.4, 0.5) is 5.82 Å². The Bertz CT molecular complexity index is 520. The average Bonchev–Trinajstić information content (AvgIpc) is 2.63. The molecule has 4 heteroatoms. The predicted octanol–water partition coefficient (Wildman–Crippen LogP) is 3.45. The number of anilines is 1. The molecule has 1 heterocycles. The van der Waals surface area contributed by atoms with E-state index in [1.54, 1.807) is 0 Å². The SMILES string of the molecule is CCc1c(N)noc1-c1cc(Cl)ccc1C. The fourth-order valence-electron chi connectivity index (χ4n) is 1.71. The molecule has 0 atom stereocenters. The summed E-state index contributed by atoms with van der Waals surface area (Å²) in [6, 6.07) is 5.68. The van der Waals surface area contributed by atoms with E-state index in [2.05, 4.69) is 5.16 Å². The van der Waals surface area contributed by atoms with Crippen molar-refractivity contribution in [3.05, 3.63) is 34.3 Å². The minimum absolute atomic E-state index is 0.455. The number of hydrogen-bond donors (Lipinski definition) is 1. The van der Waals surface area contributed by atoms with E-state index in [0.717, 1.165) is 28.9 Å². The Balaban J connectivity index is 2.62. The highest BCUT2D eigenvalue weighted by molar-refractivity contribution is 6.30. The van der Waals surface area contributed by atoms with Crippen LogP contribution in [0.5, 0.6) is 0 Å². The zero-order valence-electron chi connectivity index (χ0n) is 9.25. The van der Waals surface area contributed by atoms with Crippen LogP contribution in [0.1, 0.15) is 18.1 Å². The number of benzene rings is 1. The molecule has 1 aromatic heterocycles. The summed E-state index contributed by atoms with van der Waals surface area (Å²) < 4.78 is 5.27. The Kier molecular flexibility index (Phi) is 2.88. The first-order valence-corrected chi connectivity index (χ1v) is 5.51. The number of aromatic nitrogens is 1. The zero-order valence-corrected chi connectivity index (χ0v) is 10.0. The number of aryl methyl sites for hydroxylation is 1. The van der Waals surface area contributed by atoms with Crippen LogP contribution in [-0.4, -0.2) is 5.16 Å². The first-order chi connectivity index (χ1) is 7.63. The van der Waals surface area contributed by atoms with Crippen molar-refractivity contribution < 1.29 is 4.52 Å². The molecular weight excluding hydrogens is 224 g/mol. The smallest absolute Gasteiger partial charge is 0.172 e. The van der Waals surface area contributed by atoms with Crippen molar-refractivity contribution in [2.24, 2.45) is 0 Å². The lowest BCUT2D eigenvalue weighted by molar-refractivity contribution is 0.435. The maximum Gasteiger partial charge on any atom is 0.172 e. The minimum Gasteiger partial charge on any atom is -0.381 e. The van der Waals surface area contributed by atoms with E-state index < -0.39 is 0 Å². The lowest BCUT2D eigenvalue weighted by Crippen LogP contribution is -1.91. The Morgan fingerprint density at radius 3 is 2.88 bits per heavy atom. The van der Waals surface area contributed by atoms with E-state index in [1.165, 1.54) is 0 Å². The third kappa shape index (κ3) is 1.78. The number of nitrogen functional groups attached to an aromatic ring is 1. The van der Waals surface area contributed by atoms with E-state index >= 15 is 0 Å². The maximum absolute atomic E-state index is 5.98. The molecule has 1 aromatic carbocycles. The molecule has 0 fully saturated rings. The van der Waals surface area contributed by atoms with Crippen molar-refractivity contribution in [2.75, 3.05) is 5.73 Å². The molecule has 16 heavy (non-hydrogen) atoms. The highest BCUT2D eigenvalue weighted by Crippen LogP contribution is 2.32. The molecule has 0 unspecified atom stereocenters. The van der Waals surface area contributed by atoms with E-state index in [1.807, 2.05) is 32.0 Å². The van der Waals surface area contributed by atoms with Crippen LogP contribution in [0.25, 0.3) is 11.3 Å². The quantitative estimate of drug-likeness (QED) is 0.869. The van der Waals surface area contributed by atoms with Crippen molar-refractivity contribution in [1.29, 1.82) is 0 Å². The Hall–Kier alpha value is -1.48. The van der Waals surface area contributed by atoms with E-state index in [-0.39, 0.29) is 0 Å². The summed E-state index contributed by atoms with van der Waals surface area (Å²) in [4.78, 5) is 0. The van der Waals surface area contributed by atoms with Crippen molar-refractivity contribution in [3.63, 3.8) is 0 Å². The van der Waals surface area contributed by atoms with Gasteiger partial charge >= 0.3 is 0 Å². The Labute approximate surface area is 99.2 Å². The molecule has 0 aliphatic rings.